The highest BCUT2D eigenvalue weighted by Gasteiger charge is 2.39. The molecule has 2 rings (SSSR count). The third-order valence-electron chi connectivity index (χ3n) is 4.29. The van der Waals surface area contributed by atoms with Crippen LogP contribution in [0.5, 0.6) is 0 Å². The van der Waals surface area contributed by atoms with Gasteiger partial charge in [0.1, 0.15) is 0 Å². The number of nitrogens with one attached hydrogen (secondary N) is 1. The van der Waals surface area contributed by atoms with E-state index in [9.17, 15) is 5.11 Å². The Kier molecular flexibility index (Phi) is 5.15. The molecule has 1 fully saturated rings. The molecule has 0 heterocycles. The molecule has 0 aliphatic heterocycles. The van der Waals surface area contributed by atoms with Gasteiger partial charge >= 0.3 is 0 Å². The molecule has 0 spiro atoms. The number of halogens is 2. The Morgan fingerprint density at radius 2 is 2.26 bits per heavy atom. The van der Waals surface area contributed by atoms with E-state index >= 15 is 0 Å². The van der Waals surface area contributed by atoms with Gasteiger partial charge in [-0.15, -0.1) is 0 Å². The highest BCUT2D eigenvalue weighted by molar-refractivity contribution is 9.10. The molecule has 19 heavy (non-hydrogen) atoms. The van der Waals surface area contributed by atoms with Gasteiger partial charge in [-0.25, -0.2) is 0 Å². The molecule has 4 heteroatoms. The van der Waals surface area contributed by atoms with Gasteiger partial charge in [0, 0.05) is 10.2 Å². The Balaban J connectivity index is 2.23. The maximum atomic E-state index is 9.93. The van der Waals surface area contributed by atoms with Crippen molar-refractivity contribution < 1.29 is 5.11 Å². The Morgan fingerprint density at radius 3 is 2.89 bits per heavy atom. The Labute approximate surface area is 128 Å². The van der Waals surface area contributed by atoms with E-state index in [0.29, 0.717) is 10.9 Å². The lowest BCUT2D eigenvalue weighted by Crippen LogP contribution is -2.50. The molecule has 1 aromatic rings. The summed E-state index contributed by atoms with van der Waals surface area (Å²) >= 11 is 9.47. The molecule has 1 aromatic carbocycles. The quantitative estimate of drug-likeness (QED) is 0.817. The first-order valence-electron chi connectivity index (χ1n) is 6.95. The van der Waals surface area contributed by atoms with Crippen molar-refractivity contribution >= 4 is 33.2 Å². The van der Waals surface area contributed by atoms with Gasteiger partial charge in [-0.05, 0) is 52.9 Å². The Morgan fingerprint density at radius 1 is 1.47 bits per heavy atom. The van der Waals surface area contributed by atoms with E-state index in [2.05, 4.69) is 28.2 Å². The van der Waals surface area contributed by atoms with Crippen LogP contribution >= 0.6 is 27.5 Å². The number of aliphatic hydroxyl groups excluding tert-OH is 1. The van der Waals surface area contributed by atoms with Gasteiger partial charge in [0.05, 0.1) is 17.2 Å². The van der Waals surface area contributed by atoms with Crippen LogP contribution in [0.2, 0.25) is 5.02 Å². The number of aliphatic hydroxyl groups is 1. The number of anilines is 1. The SMILES string of the molecule is CCC1CCCCC1(CO)Nc1ccc(Cl)c(Br)c1. The molecule has 106 valence electrons. The van der Waals surface area contributed by atoms with Crippen molar-refractivity contribution in [2.75, 3.05) is 11.9 Å². The smallest absolute Gasteiger partial charge is 0.0664 e. The maximum Gasteiger partial charge on any atom is 0.0664 e. The molecule has 0 bridgehead atoms. The summed E-state index contributed by atoms with van der Waals surface area (Å²) < 4.78 is 0.885. The summed E-state index contributed by atoms with van der Waals surface area (Å²) in [6.07, 6.45) is 5.77. The molecule has 0 aromatic heterocycles. The van der Waals surface area contributed by atoms with Crippen molar-refractivity contribution in [3.63, 3.8) is 0 Å². The van der Waals surface area contributed by atoms with E-state index in [-0.39, 0.29) is 12.1 Å². The van der Waals surface area contributed by atoms with Gasteiger partial charge in [-0.2, -0.15) is 0 Å². The zero-order valence-electron chi connectivity index (χ0n) is 11.3. The second-order valence-corrected chi connectivity index (χ2v) is 6.68. The van der Waals surface area contributed by atoms with Crippen LogP contribution in [0.4, 0.5) is 5.69 Å². The molecule has 2 N–H and O–H groups in total. The molecular weight excluding hydrogens is 326 g/mol. The number of benzene rings is 1. The highest BCUT2D eigenvalue weighted by atomic mass is 79.9. The minimum absolute atomic E-state index is 0.180. The lowest BCUT2D eigenvalue weighted by molar-refractivity contribution is 0.115. The van der Waals surface area contributed by atoms with Crippen molar-refractivity contribution in [3.8, 4) is 0 Å². The van der Waals surface area contributed by atoms with Gasteiger partial charge < -0.3 is 10.4 Å². The summed E-state index contributed by atoms with van der Waals surface area (Å²) in [7, 11) is 0. The Bertz CT molecular complexity index is 440. The normalized spacial score (nSPS) is 27.3. The third kappa shape index (κ3) is 3.26. The fraction of sp³-hybridized carbons (Fsp3) is 0.600. The van der Waals surface area contributed by atoms with Gasteiger partial charge in [0.2, 0.25) is 0 Å². The molecular formula is C15H21BrClNO. The van der Waals surface area contributed by atoms with Crippen molar-refractivity contribution in [2.45, 2.75) is 44.6 Å². The topological polar surface area (TPSA) is 32.3 Å². The first-order valence-corrected chi connectivity index (χ1v) is 8.12. The van der Waals surface area contributed by atoms with Gasteiger partial charge in [0.15, 0.2) is 0 Å². The molecule has 1 saturated carbocycles. The molecule has 0 radical (unpaired) electrons. The predicted molar refractivity (Wildman–Crippen MR) is 84.8 cm³/mol. The zero-order valence-corrected chi connectivity index (χ0v) is 13.6. The highest BCUT2D eigenvalue weighted by Crippen LogP contribution is 2.39. The summed E-state index contributed by atoms with van der Waals surface area (Å²) in [4.78, 5) is 0. The van der Waals surface area contributed by atoms with Gasteiger partial charge in [-0.3, -0.25) is 0 Å². The van der Waals surface area contributed by atoms with E-state index in [1.54, 1.807) is 0 Å². The maximum absolute atomic E-state index is 9.93. The van der Waals surface area contributed by atoms with Crippen LogP contribution in [0.3, 0.4) is 0 Å². The fourth-order valence-electron chi connectivity index (χ4n) is 3.18. The monoisotopic (exact) mass is 345 g/mol. The van der Waals surface area contributed by atoms with Crippen LogP contribution in [0.15, 0.2) is 22.7 Å². The van der Waals surface area contributed by atoms with Gasteiger partial charge in [-0.1, -0.05) is 37.8 Å². The van der Waals surface area contributed by atoms with Crippen LogP contribution in [0.1, 0.15) is 39.0 Å². The van der Waals surface area contributed by atoms with Crippen LogP contribution < -0.4 is 5.32 Å². The van der Waals surface area contributed by atoms with Crippen LogP contribution in [-0.4, -0.2) is 17.3 Å². The molecule has 2 unspecified atom stereocenters. The lowest BCUT2D eigenvalue weighted by Gasteiger charge is -2.44. The average molecular weight is 347 g/mol. The molecule has 0 saturated heterocycles. The van der Waals surface area contributed by atoms with Crippen molar-refractivity contribution in [1.82, 2.24) is 0 Å². The number of rotatable bonds is 4. The van der Waals surface area contributed by atoms with Crippen molar-refractivity contribution in [1.29, 1.82) is 0 Å². The van der Waals surface area contributed by atoms with Crippen molar-refractivity contribution in [2.24, 2.45) is 5.92 Å². The van der Waals surface area contributed by atoms with E-state index in [4.69, 9.17) is 11.6 Å². The van der Waals surface area contributed by atoms with Gasteiger partial charge in [0.25, 0.3) is 0 Å². The summed E-state index contributed by atoms with van der Waals surface area (Å²) in [6.45, 7) is 2.39. The number of hydrogen-bond donors (Lipinski definition) is 2. The van der Waals surface area contributed by atoms with Crippen LogP contribution in [0, 0.1) is 5.92 Å². The largest absolute Gasteiger partial charge is 0.394 e. The fourth-order valence-corrected chi connectivity index (χ4v) is 3.68. The summed E-state index contributed by atoms with van der Waals surface area (Å²) in [6, 6.07) is 5.84. The molecule has 1 aliphatic carbocycles. The second-order valence-electron chi connectivity index (χ2n) is 5.42. The summed E-state index contributed by atoms with van der Waals surface area (Å²) in [5, 5.41) is 14.2. The van der Waals surface area contributed by atoms with E-state index in [0.717, 1.165) is 23.0 Å². The summed E-state index contributed by atoms with van der Waals surface area (Å²) in [5.74, 6) is 0.528. The van der Waals surface area contributed by atoms with E-state index < -0.39 is 0 Å². The zero-order chi connectivity index (χ0) is 13.9. The first kappa shape index (κ1) is 15.1. The van der Waals surface area contributed by atoms with Crippen LogP contribution in [0.25, 0.3) is 0 Å². The second kappa shape index (κ2) is 6.47. The van der Waals surface area contributed by atoms with Crippen LogP contribution in [-0.2, 0) is 0 Å². The summed E-state index contributed by atoms with van der Waals surface area (Å²) in [5.41, 5.74) is 0.839. The van der Waals surface area contributed by atoms with E-state index in [1.807, 2.05) is 18.2 Å². The molecule has 2 atom stereocenters. The standard InChI is InChI=1S/C15H21BrClNO/c1-2-11-5-3-4-8-15(11,10-19)18-12-6-7-14(17)13(16)9-12/h6-7,9,11,18-19H,2-5,8,10H2,1H3. The molecule has 2 nitrogen and oxygen atoms in total. The molecule has 0 amide bonds. The number of hydrogen-bond acceptors (Lipinski definition) is 2. The minimum Gasteiger partial charge on any atom is -0.394 e. The minimum atomic E-state index is -0.180. The van der Waals surface area contributed by atoms with E-state index in [1.165, 1.54) is 19.3 Å². The van der Waals surface area contributed by atoms with Crippen molar-refractivity contribution in [3.05, 3.63) is 27.7 Å². The third-order valence-corrected chi connectivity index (χ3v) is 5.51. The lowest BCUT2D eigenvalue weighted by atomic mass is 9.71. The predicted octanol–water partition coefficient (Wildman–Crippen LogP) is 4.85. The average Bonchev–Trinajstić information content (AvgIpc) is 2.43. The Hall–Kier alpha value is -0.250. The first-order chi connectivity index (χ1) is 9.11. The molecule has 1 aliphatic rings.